The predicted molar refractivity (Wildman–Crippen MR) is 71.4 cm³/mol. The van der Waals surface area contributed by atoms with Gasteiger partial charge < -0.3 is 5.11 Å². The van der Waals surface area contributed by atoms with E-state index in [2.05, 4.69) is 21.0 Å². The Labute approximate surface area is 121 Å². The molecule has 0 fully saturated rings. The first-order valence-electron chi connectivity index (χ1n) is 5.42. The standard InChI is InChI=1S/C12H10BrClF2N2O/c13-9-4-2-1-3-7(9)5-18-11(14)8(6-19)10(17-18)12(15)16/h1-4,12,19H,5-6H2. The summed E-state index contributed by atoms with van der Waals surface area (Å²) in [6, 6.07) is 7.36. The second-order valence-electron chi connectivity index (χ2n) is 3.86. The Bertz CT molecular complexity index is 589. The third-order valence-corrected chi connectivity index (χ3v) is 3.85. The van der Waals surface area contributed by atoms with Gasteiger partial charge in [0.15, 0.2) is 0 Å². The van der Waals surface area contributed by atoms with Crippen molar-refractivity contribution >= 4 is 27.5 Å². The fraction of sp³-hybridized carbons (Fsp3) is 0.250. The lowest BCUT2D eigenvalue weighted by Crippen LogP contribution is -2.03. The first kappa shape index (κ1) is 14.4. The summed E-state index contributed by atoms with van der Waals surface area (Å²) in [5, 5.41) is 12.9. The highest BCUT2D eigenvalue weighted by Crippen LogP contribution is 2.29. The van der Waals surface area contributed by atoms with Gasteiger partial charge in [0.1, 0.15) is 10.8 Å². The first-order chi connectivity index (χ1) is 9.04. The van der Waals surface area contributed by atoms with Crippen molar-refractivity contribution < 1.29 is 13.9 Å². The number of halogens is 4. The highest BCUT2D eigenvalue weighted by atomic mass is 79.9. The van der Waals surface area contributed by atoms with Crippen molar-refractivity contribution in [3.63, 3.8) is 0 Å². The molecular weight excluding hydrogens is 341 g/mol. The van der Waals surface area contributed by atoms with Crippen molar-refractivity contribution in [1.82, 2.24) is 9.78 Å². The lowest BCUT2D eigenvalue weighted by Gasteiger charge is -2.05. The Balaban J connectivity index is 2.39. The molecule has 0 bridgehead atoms. The molecule has 0 aliphatic heterocycles. The molecule has 0 saturated carbocycles. The zero-order chi connectivity index (χ0) is 14.0. The molecule has 2 rings (SSSR count). The van der Waals surface area contributed by atoms with Crippen LogP contribution in [0.3, 0.4) is 0 Å². The van der Waals surface area contributed by atoms with Crippen LogP contribution < -0.4 is 0 Å². The molecule has 3 nitrogen and oxygen atoms in total. The molecular formula is C12H10BrClF2N2O. The van der Waals surface area contributed by atoms with Gasteiger partial charge in [0.2, 0.25) is 0 Å². The number of aromatic nitrogens is 2. The van der Waals surface area contributed by atoms with Gasteiger partial charge in [-0.1, -0.05) is 45.7 Å². The van der Waals surface area contributed by atoms with Gasteiger partial charge in [-0.05, 0) is 11.6 Å². The van der Waals surface area contributed by atoms with E-state index in [1.54, 1.807) is 0 Å². The summed E-state index contributed by atoms with van der Waals surface area (Å²) in [6.07, 6.45) is -2.76. The van der Waals surface area contributed by atoms with E-state index in [0.717, 1.165) is 10.0 Å². The van der Waals surface area contributed by atoms with Gasteiger partial charge in [0, 0.05) is 10.0 Å². The molecule has 0 saturated heterocycles. The Morgan fingerprint density at radius 2 is 2.05 bits per heavy atom. The van der Waals surface area contributed by atoms with Crippen molar-refractivity contribution in [3.05, 3.63) is 50.7 Å². The smallest absolute Gasteiger partial charge is 0.282 e. The summed E-state index contributed by atoms with van der Waals surface area (Å²) in [7, 11) is 0. The molecule has 1 aromatic carbocycles. The van der Waals surface area contributed by atoms with Crippen molar-refractivity contribution in [2.75, 3.05) is 0 Å². The summed E-state index contributed by atoms with van der Waals surface area (Å²) < 4.78 is 27.6. The average Bonchev–Trinajstić information content (AvgIpc) is 2.69. The molecule has 19 heavy (non-hydrogen) atoms. The summed E-state index contributed by atoms with van der Waals surface area (Å²) >= 11 is 9.34. The summed E-state index contributed by atoms with van der Waals surface area (Å²) in [5.41, 5.74) is 0.362. The fourth-order valence-electron chi connectivity index (χ4n) is 1.71. The minimum atomic E-state index is -2.76. The molecule has 2 aromatic rings. The van der Waals surface area contributed by atoms with Crippen LogP contribution >= 0.6 is 27.5 Å². The Hall–Kier alpha value is -0.980. The van der Waals surface area contributed by atoms with Crippen LogP contribution in [0.1, 0.15) is 23.2 Å². The number of rotatable bonds is 4. The van der Waals surface area contributed by atoms with Gasteiger partial charge >= 0.3 is 0 Å². The van der Waals surface area contributed by atoms with Crippen LogP contribution in [-0.4, -0.2) is 14.9 Å². The fourth-order valence-corrected chi connectivity index (χ4v) is 2.37. The van der Waals surface area contributed by atoms with Crippen molar-refractivity contribution in [1.29, 1.82) is 0 Å². The lowest BCUT2D eigenvalue weighted by molar-refractivity contribution is 0.141. The number of aliphatic hydroxyl groups excluding tert-OH is 1. The zero-order valence-corrected chi connectivity index (χ0v) is 12.0. The molecule has 0 aliphatic rings. The number of aliphatic hydroxyl groups is 1. The molecule has 7 heteroatoms. The minimum Gasteiger partial charge on any atom is -0.391 e. The topological polar surface area (TPSA) is 38.1 Å². The van der Waals surface area contributed by atoms with Crippen LogP contribution in [0, 0.1) is 0 Å². The van der Waals surface area contributed by atoms with E-state index in [0.29, 0.717) is 0 Å². The SMILES string of the molecule is OCc1c(C(F)F)nn(Cc2ccccc2Br)c1Cl. The molecule has 0 atom stereocenters. The Kier molecular flexibility index (Phi) is 4.54. The zero-order valence-electron chi connectivity index (χ0n) is 9.65. The molecule has 102 valence electrons. The maximum atomic E-state index is 12.8. The number of hydrogen-bond donors (Lipinski definition) is 1. The Morgan fingerprint density at radius 3 is 2.58 bits per heavy atom. The van der Waals surface area contributed by atoms with E-state index in [-0.39, 0.29) is 17.3 Å². The van der Waals surface area contributed by atoms with Crippen molar-refractivity contribution in [2.45, 2.75) is 19.6 Å². The largest absolute Gasteiger partial charge is 0.391 e. The molecule has 0 spiro atoms. The van der Waals surface area contributed by atoms with Crippen molar-refractivity contribution in [2.24, 2.45) is 0 Å². The minimum absolute atomic E-state index is 0.0243. The van der Waals surface area contributed by atoms with E-state index < -0.39 is 18.7 Å². The number of alkyl halides is 2. The molecule has 1 aromatic heterocycles. The van der Waals surface area contributed by atoms with E-state index in [1.807, 2.05) is 24.3 Å². The van der Waals surface area contributed by atoms with E-state index in [9.17, 15) is 8.78 Å². The van der Waals surface area contributed by atoms with E-state index in [4.69, 9.17) is 16.7 Å². The number of hydrogen-bond acceptors (Lipinski definition) is 2. The molecule has 1 N–H and O–H groups in total. The van der Waals surface area contributed by atoms with Gasteiger partial charge in [0.05, 0.1) is 13.2 Å². The second kappa shape index (κ2) is 5.98. The van der Waals surface area contributed by atoms with Crippen LogP contribution in [0.5, 0.6) is 0 Å². The van der Waals surface area contributed by atoms with Gasteiger partial charge in [-0.25, -0.2) is 13.5 Å². The molecule has 0 radical (unpaired) electrons. The molecule has 0 amide bonds. The van der Waals surface area contributed by atoms with E-state index in [1.165, 1.54) is 4.68 Å². The summed E-state index contributed by atoms with van der Waals surface area (Å²) in [5.74, 6) is 0. The van der Waals surface area contributed by atoms with Gasteiger partial charge in [-0.3, -0.25) is 0 Å². The van der Waals surface area contributed by atoms with Crippen LogP contribution in [0.4, 0.5) is 8.78 Å². The maximum absolute atomic E-state index is 12.8. The highest BCUT2D eigenvalue weighted by molar-refractivity contribution is 9.10. The highest BCUT2D eigenvalue weighted by Gasteiger charge is 2.22. The number of benzene rings is 1. The lowest BCUT2D eigenvalue weighted by atomic mass is 10.2. The Morgan fingerprint density at radius 1 is 1.37 bits per heavy atom. The predicted octanol–water partition coefficient (Wildman–Crippen LogP) is 3.78. The quantitative estimate of drug-likeness (QED) is 0.910. The van der Waals surface area contributed by atoms with Crippen LogP contribution in [-0.2, 0) is 13.2 Å². The van der Waals surface area contributed by atoms with E-state index >= 15 is 0 Å². The summed E-state index contributed by atoms with van der Waals surface area (Å²) in [6.45, 7) is -0.311. The monoisotopic (exact) mass is 350 g/mol. The van der Waals surface area contributed by atoms with Gasteiger partial charge in [-0.15, -0.1) is 0 Å². The summed E-state index contributed by atoms with van der Waals surface area (Å²) in [4.78, 5) is 0. The first-order valence-corrected chi connectivity index (χ1v) is 6.59. The molecule has 0 unspecified atom stereocenters. The van der Waals surface area contributed by atoms with Gasteiger partial charge in [-0.2, -0.15) is 5.10 Å². The molecule has 0 aliphatic carbocycles. The van der Waals surface area contributed by atoms with Crippen LogP contribution in [0.2, 0.25) is 5.15 Å². The van der Waals surface area contributed by atoms with Crippen molar-refractivity contribution in [3.8, 4) is 0 Å². The average molecular weight is 352 g/mol. The third kappa shape index (κ3) is 2.96. The van der Waals surface area contributed by atoms with Crippen LogP contribution in [0.15, 0.2) is 28.7 Å². The maximum Gasteiger partial charge on any atom is 0.282 e. The van der Waals surface area contributed by atoms with Crippen LogP contribution in [0.25, 0.3) is 0 Å². The normalized spacial score (nSPS) is 11.3. The van der Waals surface area contributed by atoms with Gasteiger partial charge in [0.25, 0.3) is 6.43 Å². The molecule has 1 heterocycles. The third-order valence-electron chi connectivity index (χ3n) is 2.66. The second-order valence-corrected chi connectivity index (χ2v) is 5.07. The number of nitrogens with zero attached hydrogens (tertiary/aromatic N) is 2.